The Bertz CT molecular complexity index is 703. The Morgan fingerprint density at radius 3 is 2.96 bits per heavy atom. The largest absolute Gasteiger partial charge is 0.312 e. The smallest absolute Gasteiger partial charge is 0.225 e. The lowest BCUT2D eigenvalue weighted by molar-refractivity contribution is -0.116. The minimum Gasteiger partial charge on any atom is -0.312 e. The van der Waals surface area contributed by atoms with Gasteiger partial charge in [-0.05, 0) is 55.5 Å². The van der Waals surface area contributed by atoms with Crippen molar-refractivity contribution in [1.29, 1.82) is 0 Å². The molecule has 1 aromatic rings. The Kier molecular flexibility index (Phi) is 5.63. The molecule has 0 aliphatic carbocycles. The average molecular weight is 359 g/mol. The zero-order valence-electron chi connectivity index (χ0n) is 15.0. The minimum absolute atomic E-state index is 0.104. The van der Waals surface area contributed by atoms with Gasteiger partial charge in [0.05, 0.1) is 6.54 Å². The third kappa shape index (κ3) is 3.98. The summed E-state index contributed by atoms with van der Waals surface area (Å²) in [6.45, 7) is 8.18. The fourth-order valence-electron chi connectivity index (χ4n) is 3.06. The molecule has 25 heavy (non-hydrogen) atoms. The van der Waals surface area contributed by atoms with Crippen molar-refractivity contribution in [3.63, 3.8) is 0 Å². The number of fused-ring (bicyclic) bond motifs is 1. The van der Waals surface area contributed by atoms with E-state index in [9.17, 15) is 4.79 Å². The third-order valence-electron chi connectivity index (χ3n) is 4.49. The molecule has 0 aromatic heterocycles. The molecular formula is C18H25N5OS. The van der Waals surface area contributed by atoms with E-state index in [0.29, 0.717) is 12.5 Å². The predicted molar refractivity (Wildman–Crippen MR) is 104 cm³/mol. The molecule has 3 rings (SSSR count). The molecule has 0 bridgehead atoms. The molecule has 1 aromatic carbocycles. The number of hydrogen-bond donors (Lipinski definition) is 1. The quantitative estimate of drug-likeness (QED) is 0.510. The summed E-state index contributed by atoms with van der Waals surface area (Å²) in [7, 11) is 0. The van der Waals surface area contributed by atoms with Crippen LogP contribution in [0.1, 0.15) is 32.8 Å². The normalized spacial score (nSPS) is 19.5. The zero-order chi connectivity index (χ0) is 17.8. The van der Waals surface area contributed by atoms with Gasteiger partial charge in [-0.3, -0.25) is 14.5 Å². The van der Waals surface area contributed by atoms with Gasteiger partial charge < -0.3 is 4.90 Å². The van der Waals surface area contributed by atoms with Gasteiger partial charge in [-0.1, -0.05) is 6.92 Å². The molecule has 134 valence electrons. The maximum absolute atomic E-state index is 11.7. The topological polar surface area (TPSA) is 60.3 Å². The molecule has 0 saturated carbocycles. The second-order valence-corrected chi connectivity index (χ2v) is 7.11. The van der Waals surface area contributed by atoms with E-state index in [1.165, 1.54) is 5.56 Å². The van der Waals surface area contributed by atoms with E-state index >= 15 is 0 Å². The number of aliphatic imine (C=N–C) groups is 1. The second kappa shape index (κ2) is 7.91. The lowest BCUT2D eigenvalue weighted by Crippen LogP contribution is -2.34. The summed E-state index contributed by atoms with van der Waals surface area (Å²) in [6.07, 6.45) is 4.00. The lowest BCUT2D eigenvalue weighted by Gasteiger charge is -2.19. The lowest BCUT2D eigenvalue weighted by atomic mass is 10.1. The number of anilines is 1. The van der Waals surface area contributed by atoms with Crippen molar-refractivity contribution in [2.45, 2.75) is 38.5 Å². The molecule has 1 atom stereocenters. The first-order valence-electron chi connectivity index (χ1n) is 8.82. The molecule has 0 spiro atoms. The van der Waals surface area contributed by atoms with Crippen molar-refractivity contribution >= 4 is 35.7 Å². The van der Waals surface area contributed by atoms with Crippen molar-refractivity contribution in [2.75, 3.05) is 24.5 Å². The molecular weight excluding hydrogens is 334 g/mol. The summed E-state index contributed by atoms with van der Waals surface area (Å²) >= 11 is 1.54. The number of amides is 1. The highest BCUT2D eigenvalue weighted by molar-refractivity contribution is 7.98. The molecule has 7 heteroatoms. The van der Waals surface area contributed by atoms with Gasteiger partial charge in [0, 0.05) is 42.7 Å². The molecule has 2 heterocycles. The van der Waals surface area contributed by atoms with Crippen LogP contribution < -0.4 is 9.62 Å². The Labute approximate surface area is 153 Å². The number of hydrogen-bond acceptors (Lipinski definition) is 4. The van der Waals surface area contributed by atoms with Crippen molar-refractivity contribution in [3.8, 4) is 0 Å². The number of rotatable bonds is 4. The van der Waals surface area contributed by atoms with Gasteiger partial charge in [-0.15, -0.1) is 0 Å². The van der Waals surface area contributed by atoms with Crippen LogP contribution in [-0.4, -0.2) is 42.7 Å². The molecule has 0 radical (unpaired) electrons. The summed E-state index contributed by atoms with van der Waals surface area (Å²) in [5, 5.41) is 6.40. The predicted octanol–water partition coefficient (Wildman–Crippen LogP) is 2.90. The van der Waals surface area contributed by atoms with E-state index < -0.39 is 0 Å². The molecule has 1 unspecified atom stereocenters. The van der Waals surface area contributed by atoms with Gasteiger partial charge in [0.2, 0.25) is 11.9 Å². The highest BCUT2D eigenvalue weighted by Crippen LogP contribution is 2.31. The molecule has 2 aliphatic heterocycles. The fraction of sp³-hybridized carbons (Fsp3) is 0.500. The van der Waals surface area contributed by atoms with Gasteiger partial charge >= 0.3 is 0 Å². The highest BCUT2D eigenvalue weighted by atomic mass is 32.2. The van der Waals surface area contributed by atoms with Crippen molar-refractivity contribution in [1.82, 2.24) is 9.73 Å². The van der Waals surface area contributed by atoms with Crippen molar-refractivity contribution in [2.24, 2.45) is 16.0 Å². The number of benzene rings is 1. The number of nitrogens with one attached hydrogen (secondary N) is 1. The molecule has 1 N–H and O–H groups in total. The van der Waals surface area contributed by atoms with Crippen LogP contribution in [0.15, 0.2) is 33.2 Å². The van der Waals surface area contributed by atoms with Gasteiger partial charge in [-0.2, -0.15) is 5.10 Å². The van der Waals surface area contributed by atoms with Crippen LogP contribution in [0.2, 0.25) is 0 Å². The van der Waals surface area contributed by atoms with E-state index in [-0.39, 0.29) is 5.91 Å². The van der Waals surface area contributed by atoms with Crippen LogP contribution in [0.4, 0.5) is 5.69 Å². The van der Waals surface area contributed by atoms with Crippen LogP contribution in [0, 0.1) is 5.92 Å². The molecule has 0 saturated heterocycles. The van der Waals surface area contributed by atoms with Crippen LogP contribution in [0.25, 0.3) is 0 Å². The van der Waals surface area contributed by atoms with Crippen LogP contribution >= 0.6 is 11.9 Å². The van der Waals surface area contributed by atoms with Gasteiger partial charge in [0.25, 0.3) is 0 Å². The zero-order valence-corrected chi connectivity index (χ0v) is 15.8. The fourth-order valence-corrected chi connectivity index (χ4v) is 3.77. The minimum atomic E-state index is 0.104. The SMILES string of the molecule is CCN=C(NSc1ccc2c(c1)CCN2C(C)=O)N1CC(CC)C=N1. The second-order valence-electron chi connectivity index (χ2n) is 6.23. The summed E-state index contributed by atoms with van der Waals surface area (Å²) in [5.74, 6) is 1.39. The van der Waals surface area contributed by atoms with Gasteiger partial charge in [0.15, 0.2) is 0 Å². The molecule has 2 aliphatic rings. The maximum Gasteiger partial charge on any atom is 0.225 e. The Balaban J connectivity index is 1.65. The van der Waals surface area contributed by atoms with Gasteiger partial charge in [-0.25, -0.2) is 5.01 Å². The summed E-state index contributed by atoms with van der Waals surface area (Å²) in [6, 6.07) is 6.23. The van der Waals surface area contributed by atoms with Crippen LogP contribution in [0.3, 0.4) is 0 Å². The van der Waals surface area contributed by atoms with Crippen LogP contribution in [0.5, 0.6) is 0 Å². The maximum atomic E-state index is 11.7. The number of carbonyl (C=O) groups excluding carboxylic acids is 1. The first kappa shape index (κ1) is 17.8. The van der Waals surface area contributed by atoms with E-state index in [2.05, 4.69) is 27.8 Å². The third-order valence-corrected chi connectivity index (χ3v) is 5.26. The summed E-state index contributed by atoms with van der Waals surface area (Å²) < 4.78 is 3.35. The van der Waals surface area contributed by atoms with E-state index in [4.69, 9.17) is 0 Å². The number of carbonyl (C=O) groups is 1. The highest BCUT2D eigenvalue weighted by Gasteiger charge is 2.23. The number of hydrazone groups is 1. The van der Waals surface area contributed by atoms with Crippen molar-refractivity contribution < 1.29 is 4.79 Å². The summed E-state index contributed by atoms with van der Waals surface area (Å²) in [5.41, 5.74) is 2.26. The molecule has 1 amide bonds. The number of guanidine groups is 1. The molecule has 0 fully saturated rings. The van der Waals surface area contributed by atoms with E-state index in [0.717, 1.165) is 42.5 Å². The van der Waals surface area contributed by atoms with E-state index in [1.807, 2.05) is 35.2 Å². The Hall–Kier alpha value is -2.02. The standard InChI is InChI=1S/C18H25N5OS/c1-4-14-11-20-23(12-14)18(19-5-2)21-25-16-6-7-17-15(10-16)8-9-22(17)13(3)24/h6-7,10-11,14H,4-5,8-9,12H2,1-3H3,(H,19,21). The van der Waals surface area contributed by atoms with E-state index in [1.54, 1.807) is 18.9 Å². The summed E-state index contributed by atoms with van der Waals surface area (Å²) in [4.78, 5) is 19.1. The average Bonchev–Trinajstić information content (AvgIpc) is 3.24. The van der Waals surface area contributed by atoms with Crippen molar-refractivity contribution in [3.05, 3.63) is 23.8 Å². The van der Waals surface area contributed by atoms with Gasteiger partial charge in [0.1, 0.15) is 0 Å². The number of nitrogens with zero attached hydrogens (tertiary/aromatic N) is 4. The first-order chi connectivity index (χ1) is 12.1. The van der Waals surface area contributed by atoms with Crippen LogP contribution in [-0.2, 0) is 11.2 Å². The first-order valence-corrected chi connectivity index (χ1v) is 9.64. The Morgan fingerprint density at radius 1 is 1.44 bits per heavy atom. The Morgan fingerprint density at radius 2 is 2.28 bits per heavy atom. The monoisotopic (exact) mass is 359 g/mol. The molecule has 6 nitrogen and oxygen atoms in total.